The van der Waals surface area contributed by atoms with Crippen LogP contribution in [0.2, 0.25) is 5.02 Å². The van der Waals surface area contributed by atoms with Crippen LogP contribution >= 0.6 is 11.6 Å². The van der Waals surface area contributed by atoms with E-state index in [1.54, 1.807) is 54.9 Å². The van der Waals surface area contributed by atoms with Gasteiger partial charge in [0.15, 0.2) is 12.4 Å². The Morgan fingerprint density at radius 1 is 1.15 bits per heavy atom. The van der Waals surface area contributed by atoms with Crippen molar-refractivity contribution in [3.05, 3.63) is 99.8 Å². The molecule has 2 aromatic carbocycles. The van der Waals surface area contributed by atoms with Gasteiger partial charge >= 0.3 is 0 Å². The lowest BCUT2D eigenvalue weighted by molar-refractivity contribution is -0.378. The van der Waals surface area contributed by atoms with E-state index < -0.39 is 23.5 Å². The number of aromatic nitrogens is 1. The van der Waals surface area contributed by atoms with E-state index >= 15 is 0 Å². The fourth-order valence-electron chi connectivity index (χ4n) is 4.50. The number of ketones is 1. The number of pyridine rings is 1. The van der Waals surface area contributed by atoms with Gasteiger partial charge in [0.25, 0.3) is 5.91 Å². The zero-order valence-corrected chi connectivity index (χ0v) is 18.6. The number of hydrogen-bond donors (Lipinski definition) is 0. The maximum absolute atomic E-state index is 13.6. The van der Waals surface area contributed by atoms with E-state index in [9.17, 15) is 14.7 Å². The highest BCUT2D eigenvalue weighted by atomic mass is 35.5. The van der Waals surface area contributed by atoms with Crippen molar-refractivity contribution in [3.8, 4) is 5.75 Å². The Hall–Kier alpha value is -3.64. The van der Waals surface area contributed by atoms with E-state index in [0.717, 1.165) is 16.9 Å². The number of carbonyl (C=O) groups is 2. The maximum atomic E-state index is 13.6. The van der Waals surface area contributed by atoms with Crippen molar-refractivity contribution in [3.63, 3.8) is 0 Å². The number of rotatable bonds is 4. The van der Waals surface area contributed by atoms with E-state index in [2.05, 4.69) is 4.98 Å². The first kappa shape index (κ1) is 21.2. The molecule has 33 heavy (non-hydrogen) atoms. The number of likely N-dealkylation sites (tertiary alicyclic amines) is 1. The number of Topliss-reactive ketones (excluding diaryl/α,β-unsaturated/α-hetero) is 1. The molecule has 6 nitrogen and oxygen atoms in total. The molecule has 0 saturated carbocycles. The number of hydrogen-bond acceptors (Lipinski definition) is 4. The van der Waals surface area contributed by atoms with Gasteiger partial charge < -0.3 is 14.7 Å². The van der Waals surface area contributed by atoms with Crippen LogP contribution in [0.4, 0.5) is 0 Å². The monoisotopic (exact) mass is 460 g/mol. The fraction of sp³-hybridized carbons (Fsp3) is 0.192. The lowest BCUT2D eigenvalue weighted by Gasteiger charge is -2.27. The molecular weight excluding hydrogens is 440 g/mol. The standard InChI is InChI=1S/C26H21ClN2O4/c1-15-11-19-12-18(5-6-21(19)33-15)24(30)22-23(17-3-2-4-20(27)13-17)29(26(32)25(22)31)14-16-7-9-28-10-8-16/h2-10,12-13,15,23,30H,11,14H2,1H3. The van der Waals surface area contributed by atoms with Crippen LogP contribution in [-0.2, 0) is 22.6 Å². The van der Waals surface area contributed by atoms with Crippen LogP contribution in [0.5, 0.6) is 5.75 Å². The summed E-state index contributed by atoms with van der Waals surface area (Å²) in [6, 6.07) is 14.9. The normalized spacial score (nSPS) is 21.2. The molecule has 2 aliphatic rings. The van der Waals surface area contributed by atoms with Gasteiger partial charge in [0.05, 0.1) is 6.04 Å². The molecule has 1 saturated heterocycles. The summed E-state index contributed by atoms with van der Waals surface area (Å²) in [7, 11) is 0. The second-order valence-electron chi connectivity index (χ2n) is 8.33. The van der Waals surface area contributed by atoms with Crippen LogP contribution < -0.4 is 14.8 Å². The number of amides is 1. The van der Waals surface area contributed by atoms with Gasteiger partial charge in [-0.3, -0.25) is 9.59 Å². The maximum Gasteiger partial charge on any atom is 0.295 e. The molecular formula is C26H21ClN2O4. The number of nitrogens with zero attached hydrogens (tertiary/aromatic N) is 1. The topological polar surface area (TPSA) is 83.8 Å². The molecule has 1 aromatic heterocycles. The molecule has 1 amide bonds. The number of halogens is 1. The third kappa shape index (κ3) is 3.87. The summed E-state index contributed by atoms with van der Waals surface area (Å²) < 4.78 is 5.73. The van der Waals surface area contributed by atoms with E-state index in [-0.39, 0.29) is 18.2 Å². The Balaban J connectivity index is 1.64. The summed E-state index contributed by atoms with van der Waals surface area (Å²) in [6.45, 7) is 2.15. The number of benzene rings is 2. The summed E-state index contributed by atoms with van der Waals surface area (Å²) in [5.74, 6) is -1.19. The highest BCUT2D eigenvalue weighted by Crippen LogP contribution is 2.41. The Morgan fingerprint density at radius 2 is 1.94 bits per heavy atom. The van der Waals surface area contributed by atoms with Crippen molar-refractivity contribution >= 4 is 29.1 Å². The van der Waals surface area contributed by atoms with Gasteiger partial charge in [-0.2, -0.15) is 0 Å². The first-order valence-corrected chi connectivity index (χ1v) is 11.1. The number of carbonyl (C=O) groups excluding carboxylic acids is 2. The average molecular weight is 461 g/mol. The second-order valence-corrected chi connectivity index (χ2v) is 8.76. The van der Waals surface area contributed by atoms with Crippen LogP contribution in [0.25, 0.3) is 5.76 Å². The van der Waals surface area contributed by atoms with Crippen molar-refractivity contribution in [1.82, 2.24) is 4.90 Å². The third-order valence-corrected chi connectivity index (χ3v) is 6.23. The van der Waals surface area contributed by atoms with Gasteiger partial charge in [0, 0.05) is 35.7 Å². The SMILES string of the molecule is CC1Cc2cc(C([O-])=C3C(=O)C(=O)N(Cc4cc[nH+]cc4)C3c3cccc(Cl)c3)ccc2O1. The second kappa shape index (κ2) is 8.37. The molecule has 0 spiro atoms. The van der Waals surface area contributed by atoms with Crippen molar-refractivity contribution in [1.29, 1.82) is 0 Å². The molecule has 1 N–H and O–H groups in total. The summed E-state index contributed by atoms with van der Waals surface area (Å²) >= 11 is 6.23. The van der Waals surface area contributed by atoms with Gasteiger partial charge in [0.2, 0.25) is 5.78 Å². The van der Waals surface area contributed by atoms with Gasteiger partial charge in [0.1, 0.15) is 11.9 Å². The Bertz CT molecular complexity index is 1290. The largest absolute Gasteiger partial charge is 0.872 e. The predicted molar refractivity (Wildman–Crippen MR) is 120 cm³/mol. The Kier molecular flexibility index (Phi) is 5.38. The van der Waals surface area contributed by atoms with Crippen LogP contribution in [0.1, 0.15) is 35.2 Å². The quantitative estimate of drug-likeness (QED) is 0.340. The Morgan fingerprint density at radius 3 is 2.70 bits per heavy atom. The van der Waals surface area contributed by atoms with Crippen LogP contribution in [0, 0.1) is 0 Å². The van der Waals surface area contributed by atoms with Crippen LogP contribution in [-0.4, -0.2) is 22.7 Å². The number of fused-ring (bicyclic) bond motifs is 1. The van der Waals surface area contributed by atoms with Crippen LogP contribution in [0.3, 0.4) is 0 Å². The molecule has 7 heteroatoms. The zero-order chi connectivity index (χ0) is 23.1. The van der Waals surface area contributed by atoms with Gasteiger partial charge in [-0.25, -0.2) is 4.98 Å². The molecule has 2 atom stereocenters. The van der Waals surface area contributed by atoms with Gasteiger partial charge in [-0.1, -0.05) is 35.6 Å². The highest BCUT2D eigenvalue weighted by Gasteiger charge is 2.44. The molecule has 1 fully saturated rings. The van der Waals surface area contributed by atoms with Crippen LogP contribution in [0.15, 0.2) is 72.6 Å². The average Bonchev–Trinajstić information content (AvgIpc) is 3.30. The highest BCUT2D eigenvalue weighted by molar-refractivity contribution is 6.46. The fourth-order valence-corrected chi connectivity index (χ4v) is 4.70. The number of H-pyrrole nitrogens is 1. The Labute approximate surface area is 196 Å². The summed E-state index contributed by atoms with van der Waals surface area (Å²) in [4.78, 5) is 30.6. The molecule has 3 aromatic rings. The minimum absolute atomic E-state index is 0.0329. The van der Waals surface area contributed by atoms with Crippen molar-refractivity contribution < 1.29 is 24.4 Å². The number of ether oxygens (including phenoxy) is 1. The molecule has 2 unspecified atom stereocenters. The lowest BCUT2D eigenvalue weighted by atomic mass is 9.94. The van der Waals surface area contributed by atoms with E-state index in [0.29, 0.717) is 22.6 Å². The molecule has 0 bridgehead atoms. The summed E-state index contributed by atoms with van der Waals surface area (Å²) in [5.41, 5.74) is 2.68. The molecule has 5 rings (SSSR count). The molecule has 2 aliphatic heterocycles. The minimum atomic E-state index is -0.830. The first-order valence-electron chi connectivity index (χ1n) is 10.7. The molecule has 0 aliphatic carbocycles. The van der Waals surface area contributed by atoms with Gasteiger partial charge in [-0.05, 0) is 53.4 Å². The van der Waals surface area contributed by atoms with Crippen molar-refractivity contribution in [2.45, 2.75) is 32.0 Å². The van der Waals surface area contributed by atoms with E-state index in [4.69, 9.17) is 16.3 Å². The van der Waals surface area contributed by atoms with Gasteiger partial charge in [-0.15, -0.1) is 0 Å². The number of nitrogens with one attached hydrogen (secondary N) is 1. The van der Waals surface area contributed by atoms with Crippen molar-refractivity contribution in [2.75, 3.05) is 0 Å². The smallest absolute Gasteiger partial charge is 0.295 e. The zero-order valence-electron chi connectivity index (χ0n) is 17.9. The van der Waals surface area contributed by atoms with Crippen molar-refractivity contribution in [2.24, 2.45) is 0 Å². The van der Waals surface area contributed by atoms with E-state index in [1.165, 1.54) is 4.90 Å². The first-order chi connectivity index (χ1) is 15.9. The molecule has 166 valence electrons. The third-order valence-electron chi connectivity index (χ3n) is 5.99. The predicted octanol–water partition coefficient (Wildman–Crippen LogP) is 2.90. The summed E-state index contributed by atoms with van der Waals surface area (Å²) in [6.07, 6.45) is 4.21. The molecule has 0 radical (unpaired) electrons. The van der Waals surface area contributed by atoms with E-state index in [1.807, 2.05) is 19.1 Å². The lowest BCUT2D eigenvalue weighted by Crippen LogP contribution is -2.29. The molecule has 3 heterocycles. The number of aromatic amines is 1. The minimum Gasteiger partial charge on any atom is -0.872 e. The summed E-state index contributed by atoms with van der Waals surface area (Å²) in [5, 5.41) is 14.1.